The molecule has 2 unspecified atom stereocenters. The van der Waals surface area contributed by atoms with Gasteiger partial charge >= 0.3 is 0 Å². The van der Waals surface area contributed by atoms with Gasteiger partial charge in [0.2, 0.25) is 0 Å². The zero-order valence-corrected chi connectivity index (χ0v) is 7.81. The molecule has 0 saturated carbocycles. The van der Waals surface area contributed by atoms with Crippen molar-refractivity contribution in [3.05, 3.63) is 29.6 Å². The quantitative estimate of drug-likeness (QED) is 0.685. The van der Waals surface area contributed by atoms with Crippen molar-refractivity contribution in [3.63, 3.8) is 0 Å². The van der Waals surface area contributed by atoms with E-state index in [4.69, 9.17) is 5.73 Å². The average Bonchev–Trinajstić information content (AvgIpc) is 2.12. The third-order valence-electron chi connectivity index (χ3n) is 2.23. The smallest absolute Gasteiger partial charge is 0.124 e. The molecule has 0 radical (unpaired) electrons. The Bertz CT molecular complexity index is 367. The summed E-state index contributed by atoms with van der Waals surface area (Å²) in [6.45, 7) is 0. The van der Waals surface area contributed by atoms with E-state index in [9.17, 15) is 8.60 Å². The molecule has 1 aromatic carbocycles. The van der Waals surface area contributed by atoms with E-state index in [-0.39, 0.29) is 11.9 Å². The highest BCUT2D eigenvalue weighted by Crippen LogP contribution is 2.28. The lowest BCUT2D eigenvalue weighted by atomic mass is 10.1. The van der Waals surface area contributed by atoms with Gasteiger partial charge in [-0.05, 0) is 24.1 Å². The van der Waals surface area contributed by atoms with Crippen molar-refractivity contribution < 1.29 is 8.60 Å². The topological polar surface area (TPSA) is 43.1 Å². The van der Waals surface area contributed by atoms with Crippen LogP contribution in [0.4, 0.5) is 4.39 Å². The van der Waals surface area contributed by atoms with Crippen LogP contribution in [0.5, 0.6) is 0 Å². The lowest BCUT2D eigenvalue weighted by molar-refractivity contribution is 0.604. The van der Waals surface area contributed by atoms with E-state index in [0.717, 1.165) is 5.56 Å². The van der Waals surface area contributed by atoms with E-state index in [0.29, 0.717) is 17.1 Å². The molecule has 0 saturated heterocycles. The third kappa shape index (κ3) is 1.51. The summed E-state index contributed by atoms with van der Waals surface area (Å²) in [5.41, 5.74) is 6.63. The van der Waals surface area contributed by atoms with Crippen LogP contribution in [-0.2, 0) is 10.8 Å². The number of hydrogen-bond acceptors (Lipinski definition) is 2. The van der Waals surface area contributed by atoms with E-state index in [1.165, 1.54) is 12.1 Å². The first kappa shape index (κ1) is 8.84. The van der Waals surface area contributed by atoms with Gasteiger partial charge in [-0.3, -0.25) is 4.21 Å². The SMILES string of the molecule is NC1CCS(=O)c2cc(F)ccc21. The molecular formula is C9H10FNOS. The number of rotatable bonds is 0. The second kappa shape index (κ2) is 3.20. The van der Waals surface area contributed by atoms with Crippen molar-refractivity contribution in [3.8, 4) is 0 Å². The van der Waals surface area contributed by atoms with Crippen LogP contribution < -0.4 is 5.73 Å². The predicted molar refractivity (Wildman–Crippen MR) is 49.2 cm³/mol. The molecule has 2 rings (SSSR count). The lowest BCUT2D eigenvalue weighted by Crippen LogP contribution is -2.21. The number of halogens is 1. The Morgan fingerprint density at radius 3 is 3.08 bits per heavy atom. The van der Waals surface area contributed by atoms with E-state index in [1.54, 1.807) is 6.07 Å². The number of hydrogen-bond donors (Lipinski definition) is 1. The molecule has 1 aromatic rings. The van der Waals surface area contributed by atoms with Crippen LogP contribution in [0.15, 0.2) is 23.1 Å². The number of fused-ring (bicyclic) bond motifs is 1. The largest absolute Gasteiger partial charge is 0.324 e. The summed E-state index contributed by atoms with van der Waals surface area (Å²) in [6, 6.07) is 4.23. The normalized spacial score (nSPS) is 26.9. The highest BCUT2D eigenvalue weighted by Gasteiger charge is 2.22. The predicted octanol–water partition coefficient (Wildman–Crippen LogP) is 1.34. The van der Waals surface area contributed by atoms with Crippen LogP contribution in [0.2, 0.25) is 0 Å². The molecule has 0 bridgehead atoms. The van der Waals surface area contributed by atoms with Crippen molar-refractivity contribution in [2.75, 3.05) is 5.75 Å². The monoisotopic (exact) mass is 199 g/mol. The maximum atomic E-state index is 12.8. The Labute approximate surface area is 78.4 Å². The van der Waals surface area contributed by atoms with E-state index < -0.39 is 10.8 Å². The Morgan fingerprint density at radius 1 is 1.54 bits per heavy atom. The molecule has 0 spiro atoms. The van der Waals surface area contributed by atoms with Gasteiger partial charge < -0.3 is 5.73 Å². The summed E-state index contributed by atoms with van der Waals surface area (Å²) < 4.78 is 24.3. The Kier molecular flexibility index (Phi) is 2.17. The van der Waals surface area contributed by atoms with Gasteiger partial charge in [0, 0.05) is 16.7 Å². The molecular weight excluding hydrogens is 189 g/mol. The third-order valence-corrected chi connectivity index (χ3v) is 3.69. The standard InChI is InChI=1S/C9H10FNOS/c10-6-1-2-7-8(11)3-4-13(12)9(7)5-6/h1-2,5,8H,3-4,11H2. The average molecular weight is 199 g/mol. The number of nitrogens with two attached hydrogens (primary N) is 1. The molecule has 0 fully saturated rings. The van der Waals surface area contributed by atoms with E-state index in [1.807, 2.05) is 0 Å². The molecule has 1 aliphatic heterocycles. The van der Waals surface area contributed by atoms with Gasteiger partial charge in [-0.2, -0.15) is 0 Å². The van der Waals surface area contributed by atoms with Gasteiger partial charge in [0.15, 0.2) is 0 Å². The van der Waals surface area contributed by atoms with Crippen LogP contribution in [0.1, 0.15) is 18.0 Å². The highest BCUT2D eigenvalue weighted by molar-refractivity contribution is 7.85. The minimum Gasteiger partial charge on any atom is -0.324 e. The molecule has 4 heteroatoms. The number of benzene rings is 1. The first-order chi connectivity index (χ1) is 6.18. The van der Waals surface area contributed by atoms with Crippen LogP contribution in [0.3, 0.4) is 0 Å². The van der Waals surface area contributed by atoms with Crippen molar-refractivity contribution in [1.29, 1.82) is 0 Å². The summed E-state index contributed by atoms with van der Waals surface area (Å²) in [4.78, 5) is 0.568. The fourth-order valence-corrected chi connectivity index (χ4v) is 2.93. The fourth-order valence-electron chi connectivity index (χ4n) is 1.51. The van der Waals surface area contributed by atoms with Gasteiger partial charge in [0.1, 0.15) is 5.82 Å². The van der Waals surface area contributed by atoms with Crippen LogP contribution in [-0.4, -0.2) is 9.96 Å². The maximum Gasteiger partial charge on any atom is 0.124 e. The summed E-state index contributed by atoms with van der Waals surface area (Å²) in [5.74, 6) is 0.193. The highest BCUT2D eigenvalue weighted by atomic mass is 32.2. The molecule has 0 aromatic heterocycles. The lowest BCUT2D eigenvalue weighted by Gasteiger charge is -2.21. The van der Waals surface area contributed by atoms with E-state index >= 15 is 0 Å². The molecule has 13 heavy (non-hydrogen) atoms. The maximum absolute atomic E-state index is 12.8. The second-order valence-electron chi connectivity index (χ2n) is 3.13. The zero-order chi connectivity index (χ0) is 9.42. The van der Waals surface area contributed by atoms with Crippen molar-refractivity contribution >= 4 is 10.8 Å². The van der Waals surface area contributed by atoms with Crippen LogP contribution in [0.25, 0.3) is 0 Å². The van der Waals surface area contributed by atoms with Gasteiger partial charge in [-0.15, -0.1) is 0 Å². The minimum absolute atomic E-state index is 0.0895. The summed E-state index contributed by atoms with van der Waals surface area (Å²) in [7, 11) is -1.07. The minimum atomic E-state index is -1.07. The molecule has 2 nitrogen and oxygen atoms in total. The molecule has 2 atom stereocenters. The van der Waals surface area contributed by atoms with Gasteiger partial charge in [-0.25, -0.2) is 4.39 Å². The van der Waals surface area contributed by atoms with Gasteiger partial charge in [0.05, 0.1) is 10.8 Å². The van der Waals surface area contributed by atoms with Crippen LogP contribution in [0, 0.1) is 5.82 Å². The summed E-state index contributed by atoms with van der Waals surface area (Å²) >= 11 is 0. The van der Waals surface area contributed by atoms with Gasteiger partial charge in [0.25, 0.3) is 0 Å². The summed E-state index contributed by atoms with van der Waals surface area (Å²) in [5, 5.41) is 0. The molecule has 70 valence electrons. The zero-order valence-electron chi connectivity index (χ0n) is 7.00. The first-order valence-corrected chi connectivity index (χ1v) is 5.44. The molecule has 0 amide bonds. The fraction of sp³-hybridized carbons (Fsp3) is 0.333. The molecule has 0 aliphatic carbocycles. The Balaban J connectivity index is 2.57. The molecule has 2 N–H and O–H groups in total. The molecule has 1 heterocycles. The Hall–Kier alpha value is -0.740. The van der Waals surface area contributed by atoms with Gasteiger partial charge in [-0.1, -0.05) is 6.07 Å². The second-order valence-corrected chi connectivity index (χ2v) is 4.67. The summed E-state index contributed by atoms with van der Waals surface area (Å²) in [6.07, 6.45) is 0.714. The van der Waals surface area contributed by atoms with Crippen molar-refractivity contribution in [1.82, 2.24) is 0 Å². The van der Waals surface area contributed by atoms with Crippen molar-refractivity contribution in [2.45, 2.75) is 17.4 Å². The van der Waals surface area contributed by atoms with E-state index in [2.05, 4.69) is 0 Å². The first-order valence-electron chi connectivity index (χ1n) is 4.12. The van der Waals surface area contributed by atoms with Crippen LogP contribution >= 0.6 is 0 Å². The Morgan fingerprint density at radius 2 is 2.31 bits per heavy atom. The molecule has 1 aliphatic rings. The van der Waals surface area contributed by atoms with Crippen molar-refractivity contribution in [2.24, 2.45) is 5.73 Å².